The number of nitrogens with zero attached hydrogens (tertiary/aromatic N) is 4. The first kappa shape index (κ1) is 23.9. The van der Waals surface area contributed by atoms with E-state index >= 15 is 0 Å². The molecule has 0 atom stereocenters. The molecule has 0 radical (unpaired) electrons. The van der Waals surface area contributed by atoms with Crippen molar-refractivity contribution in [3.05, 3.63) is 40.3 Å². The van der Waals surface area contributed by atoms with Crippen molar-refractivity contribution in [3.8, 4) is 17.1 Å². The molecule has 0 unspecified atom stereocenters. The standard InChI is InChI=1S/C23H33N5O4/c1-4-31-15-16-32-19-7-5-18(6-8-19)22-24-23(30)20(25-26-22)9-10-21(29)28-13-11-27(12-14-28)17(2)3/h5-8,17H,4,9-16H2,1-3H3,(H,24,26,30). The number of carbonyl (C=O) groups excluding carboxylic acids is 1. The number of ether oxygens (including phenoxy) is 2. The molecule has 9 heteroatoms. The molecule has 174 valence electrons. The van der Waals surface area contributed by atoms with Crippen molar-refractivity contribution >= 4 is 5.91 Å². The van der Waals surface area contributed by atoms with Crippen LogP contribution in [0.25, 0.3) is 11.4 Å². The second-order valence-corrected chi connectivity index (χ2v) is 8.03. The number of carbonyl (C=O) groups is 1. The van der Waals surface area contributed by atoms with E-state index in [1.807, 2.05) is 36.1 Å². The highest BCUT2D eigenvalue weighted by Crippen LogP contribution is 2.18. The van der Waals surface area contributed by atoms with Gasteiger partial charge in [-0.3, -0.25) is 14.5 Å². The van der Waals surface area contributed by atoms with Gasteiger partial charge < -0.3 is 19.4 Å². The van der Waals surface area contributed by atoms with Gasteiger partial charge in [-0.25, -0.2) is 0 Å². The first-order valence-corrected chi connectivity index (χ1v) is 11.3. The van der Waals surface area contributed by atoms with E-state index in [0.717, 1.165) is 31.7 Å². The van der Waals surface area contributed by atoms with E-state index in [-0.39, 0.29) is 30.0 Å². The molecule has 1 N–H and O–H groups in total. The van der Waals surface area contributed by atoms with E-state index in [2.05, 4.69) is 33.9 Å². The van der Waals surface area contributed by atoms with Crippen molar-refractivity contribution in [2.75, 3.05) is 46.0 Å². The Hall–Kier alpha value is -2.78. The van der Waals surface area contributed by atoms with Crippen molar-refractivity contribution in [1.29, 1.82) is 0 Å². The van der Waals surface area contributed by atoms with Gasteiger partial charge in [-0.15, -0.1) is 10.2 Å². The van der Waals surface area contributed by atoms with Gasteiger partial charge in [0.05, 0.1) is 6.61 Å². The summed E-state index contributed by atoms with van der Waals surface area (Å²) in [4.78, 5) is 32.0. The fourth-order valence-corrected chi connectivity index (χ4v) is 3.60. The lowest BCUT2D eigenvalue weighted by atomic mass is 10.2. The average Bonchev–Trinajstić information content (AvgIpc) is 2.81. The van der Waals surface area contributed by atoms with Gasteiger partial charge in [-0.2, -0.15) is 0 Å². The molecule has 0 spiro atoms. The summed E-state index contributed by atoms with van der Waals surface area (Å²) in [5, 5.41) is 8.23. The van der Waals surface area contributed by atoms with E-state index in [0.29, 0.717) is 37.4 Å². The fraction of sp³-hybridized carbons (Fsp3) is 0.565. The van der Waals surface area contributed by atoms with Gasteiger partial charge in [-0.05, 0) is 45.0 Å². The van der Waals surface area contributed by atoms with Gasteiger partial charge in [0.15, 0.2) is 5.82 Å². The number of H-pyrrole nitrogens is 1. The monoisotopic (exact) mass is 443 g/mol. The third-order valence-corrected chi connectivity index (χ3v) is 5.57. The molecule has 32 heavy (non-hydrogen) atoms. The van der Waals surface area contributed by atoms with Crippen LogP contribution in [0.1, 0.15) is 32.9 Å². The molecule has 1 aromatic heterocycles. The smallest absolute Gasteiger partial charge is 0.273 e. The zero-order valence-electron chi connectivity index (χ0n) is 19.2. The third kappa shape index (κ3) is 6.61. The predicted molar refractivity (Wildman–Crippen MR) is 122 cm³/mol. The lowest BCUT2D eigenvalue weighted by Gasteiger charge is -2.37. The van der Waals surface area contributed by atoms with Crippen LogP contribution in [0.2, 0.25) is 0 Å². The maximum Gasteiger partial charge on any atom is 0.273 e. The van der Waals surface area contributed by atoms with Crippen molar-refractivity contribution in [1.82, 2.24) is 25.0 Å². The first-order valence-electron chi connectivity index (χ1n) is 11.3. The Morgan fingerprint density at radius 1 is 1.09 bits per heavy atom. The molecule has 1 amide bonds. The van der Waals surface area contributed by atoms with E-state index in [1.54, 1.807) is 0 Å². The molecular weight excluding hydrogens is 410 g/mol. The number of aryl methyl sites for hydroxylation is 1. The lowest BCUT2D eigenvalue weighted by molar-refractivity contribution is -0.133. The minimum Gasteiger partial charge on any atom is -0.491 e. The summed E-state index contributed by atoms with van der Waals surface area (Å²) in [6.07, 6.45) is 0.533. The second-order valence-electron chi connectivity index (χ2n) is 8.03. The van der Waals surface area contributed by atoms with Gasteiger partial charge in [-0.1, -0.05) is 0 Å². The molecule has 3 rings (SSSR count). The van der Waals surface area contributed by atoms with Crippen LogP contribution >= 0.6 is 0 Å². The van der Waals surface area contributed by atoms with Crippen molar-refractivity contribution in [2.24, 2.45) is 0 Å². The Kier molecular flexibility index (Phi) is 8.75. The van der Waals surface area contributed by atoms with E-state index in [9.17, 15) is 9.59 Å². The summed E-state index contributed by atoms with van der Waals surface area (Å²) < 4.78 is 10.8. The number of amides is 1. The van der Waals surface area contributed by atoms with Crippen LogP contribution in [0.15, 0.2) is 29.1 Å². The SMILES string of the molecule is CCOCCOc1ccc(-c2nnc(CCC(=O)N3CCN(C(C)C)CC3)c(=O)[nH]2)cc1. The summed E-state index contributed by atoms with van der Waals surface area (Å²) in [6.45, 7) is 11.2. The Morgan fingerprint density at radius 3 is 2.44 bits per heavy atom. The van der Waals surface area contributed by atoms with Crippen LogP contribution < -0.4 is 10.3 Å². The molecule has 2 aromatic rings. The van der Waals surface area contributed by atoms with Gasteiger partial charge in [0.1, 0.15) is 18.1 Å². The number of aromatic amines is 1. The largest absolute Gasteiger partial charge is 0.491 e. The maximum absolute atomic E-state index is 12.5. The molecule has 1 aromatic carbocycles. The van der Waals surface area contributed by atoms with Crippen LogP contribution in [0.5, 0.6) is 5.75 Å². The van der Waals surface area contributed by atoms with Crippen LogP contribution in [0, 0.1) is 0 Å². The fourth-order valence-electron chi connectivity index (χ4n) is 3.60. The molecule has 9 nitrogen and oxygen atoms in total. The summed E-state index contributed by atoms with van der Waals surface area (Å²) in [5.41, 5.74) is 0.695. The molecule has 1 saturated heterocycles. The number of aromatic nitrogens is 3. The van der Waals surface area contributed by atoms with Crippen LogP contribution in [0.3, 0.4) is 0 Å². The summed E-state index contributed by atoms with van der Waals surface area (Å²) in [5.74, 6) is 1.16. The topological polar surface area (TPSA) is 101 Å². The Labute approximate surface area is 188 Å². The lowest BCUT2D eigenvalue weighted by Crippen LogP contribution is -2.50. The van der Waals surface area contributed by atoms with E-state index in [4.69, 9.17) is 9.47 Å². The van der Waals surface area contributed by atoms with Crippen LogP contribution in [-0.2, 0) is 16.0 Å². The average molecular weight is 444 g/mol. The number of piperazine rings is 1. The zero-order valence-corrected chi connectivity index (χ0v) is 19.2. The number of nitrogens with one attached hydrogen (secondary N) is 1. The van der Waals surface area contributed by atoms with Crippen molar-refractivity contribution < 1.29 is 14.3 Å². The highest BCUT2D eigenvalue weighted by atomic mass is 16.5. The summed E-state index contributed by atoms with van der Waals surface area (Å²) in [6, 6.07) is 7.75. The normalized spacial score (nSPS) is 14.7. The zero-order chi connectivity index (χ0) is 22.9. The highest BCUT2D eigenvalue weighted by Gasteiger charge is 2.22. The summed E-state index contributed by atoms with van der Waals surface area (Å²) in [7, 11) is 0. The van der Waals surface area contributed by atoms with E-state index < -0.39 is 0 Å². The van der Waals surface area contributed by atoms with Gasteiger partial charge >= 0.3 is 0 Å². The molecule has 1 aliphatic heterocycles. The number of benzene rings is 1. The minimum absolute atomic E-state index is 0.0543. The maximum atomic E-state index is 12.5. The van der Waals surface area contributed by atoms with Crippen molar-refractivity contribution in [3.63, 3.8) is 0 Å². The number of hydrogen-bond donors (Lipinski definition) is 1. The molecule has 0 aliphatic carbocycles. The molecule has 1 fully saturated rings. The molecule has 1 aliphatic rings. The molecule has 0 bridgehead atoms. The van der Waals surface area contributed by atoms with Crippen LogP contribution in [-0.4, -0.2) is 82.9 Å². The molecular formula is C23H33N5O4. The third-order valence-electron chi connectivity index (χ3n) is 5.57. The Bertz CT molecular complexity index is 921. The van der Waals surface area contributed by atoms with E-state index in [1.165, 1.54) is 0 Å². The van der Waals surface area contributed by atoms with Gasteiger partial charge in [0.25, 0.3) is 5.56 Å². The Balaban J connectivity index is 1.52. The van der Waals surface area contributed by atoms with Gasteiger partial charge in [0.2, 0.25) is 5.91 Å². The van der Waals surface area contributed by atoms with Crippen molar-refractivity contribution in [2.45, 2.75) is 39.7 Å². The minimum atomic E-state index is -0.315. The first-order chi connectivity index (χ1) is 15.5. The Morgan fingerprint density at radius 2 is 1.81 bits per heavy atom. The van der Waals surface area contributed by atoms with Crippen LogP contribution in [0.4, 0.5) is 0 Å². The number of rotatable bonds is 10. The predicted octanol–water partition coefficient (Wildman–Crippen LogP) is 1.73. The highest BCUT2D eigenvalue weighted by molar-refractivity contribution is 5.76. The summed E-state index contributed by atoms with van der Waals surface area (Å²) >= 11 is 0. The quantitative estimate of drug-likeness (QED) is 0.558. The number of hydrogen-bond acceptors (Lipinski definition) is 7. The van der Waals surface area contributed by atoms with Gasteiger partial charge in [0, 0.05) is 57.2 Å². The second kappa shape index (κ2) is 11.7. The molecule has 0 saturated carbocycles. The molecule has 2 heterocycles.